The number of nitrogens with zero attached hydrogens (tertiary/aromatic N) is 3. The second kappa shape index (κ2) is 5.73. The summed E-state index contributed by atoms with van der Waals surface area (Å²) in [5.74, 6) is 0.143. The molecule has 1 N–H and O–H groups in total. The summed E-state index contributed by atoms with van der Waals surface area (Å²) in [7, 11) is 2.05. The van der Waals surface area contributed by atoms with Gasteiger partial charge in [-0.1, -0.05) is 17.3 Å². The standard InChI is InChI=1S/C15H19N3O3/c1-17-6-8-18(9-7-17)15(20)14-10-12(16-21-14)11-4-2-3-5-13(11)19/h2-5,14,19H,6-10H2,1H3/t14-/m1/s1. The number of para-hydroxylation sites is 1. The number of phenolic OH excluding ortho intramolecular Hbond substituents is 1. The Bertz CT molecular complexity index is 565. The zero-order valence-electron chi connectivity index (χ0n) is 12.0. The van der Waals surface area contributed by atoms with Crippen LogP contribution in [0.3, 0.4) is 0 Å². The molecule has 1 amide bonds. The highest BCUT2D eigenvalue weighted by Gasteiger charge is 2.33. The number of carbonyl (C=O) groups excluding carboxylic acids is 1. The van der Waals surface area contributed by atoms with Gasteiger partial charge >= 0.3 is 0 Å². The molecule has 21 heavy (non-hydrogen) atoms. The molecule has 0 unspecified atom stereocenters. The Balaban J connectivity index is 1.64. The summed E-state index contributed by atoms with van der Waals surface area (Å²) in [6, 6.07) is 6.96. The van der Waals surface area contributed by atoms with Crippen molar-refractivity contribution in [2.24, 2.45) is 5.16 Å². The second-order valence-electron chi connectivity index (χ2n) is 5.48. The second-order valence-corrected chi connectivity index (χ2v) is 5.48. The van der Waals surface area contributed by atoms with Crippen LogP contribution < -0.4 is 0 Å². The summed E-state index contributed by atoms with van der Waals surface area (Å²) in [4.78, 5) is 21.7. The van der Waals surface area contributed by atoms with E-state index in [1.807, 2.05) is 18.0 Å². The number of rotatable bonds is 2. The van der Waals surface area contributed by atoms with E-state index in [-0.39, 0.29) is 11.7 Å². The minimum Gasteiger partial charge on any atom is -0.507 e. The van der Waals surface area contributed by atoms with Crippen molar-refractivity contribution in [2.75, 3.05) is 33.2 Å². The first kappa shape index (κ1) is 13.9. The summed E-state index contributed by atoms with van der Waals surface area (Å²) in [6.45, 7) is 3.21. The fourth-order valence-corrected chi connectivity index (χ4v) is 2.62. The number of hydrogen-bond donors (Lipinski definition) is 1. The van der Waals surface area contributed by atoms with Crippen molar-refractivity contribution in [1.82, 2.24) is 9.80 Å². The average molecular weight is 289 g/mol. The lowest BCUT2D eigenvalue weighted by atomic mass is 10.0. The predicted octanol–water partition coefficient (Wildman–Crippen LogP) is 0.659. The number of hydrogen-bond acceptors (Lipinski definition) is 5. The molecule has 2 heterocycles. The average Bonchev–Trinajstić information content (AvgIpc) is 2.97. The summed E-state index contributed by atoms with van der Waals surface area (Å²) in [6.07, 6.45) is -0.161. The maximum Gasteiger partial charge on any atom is 0.266 e. The van der Waals surface area contributed by atoms with Gasteiger partial charge in [0, 0.05) is 38.2 Å². The molecule has 1 aromatic rings. The Labute approximate surface area is 123 Å². The summed E-state index contributed by atoms with van der Waals surface area (Å²) in [5, 5.41) is 13.8. The molecule has 0 radical (unpaired) electrons. The SMILES string of the molecule is CN1CCN(C(=O)[C@H]2CC(c3ccccc3O)=NO2)CC1. The molecule has 1 aromatic carbocycles. The van der Waals surface area contributed by atoms with Gasteiger partial charge in [-0.25, -0.2) is 0 Å². The molecule has 1 saturated heterocycles. The van der Waals surface area contributed by atoms with Gasteiger partial charge < -0.3 is 19.7 Å². The van der Waals surface area contributed by atoms with Gasteiger partial charge in [0.2, 0.25) is 6.10 Å². The molecule has 1 atom stereocenters. The van der Waals surface area contributed by atoms with E-state index in [2.05, 4.69) is 10.1 Å². The molecular formula is C15H19N3O3. The van der Waals surface area contributed by atoms with Crippen molar-refractivity contribution in [3.63, 3.8) is 0 Å². The van der Waals surface area contributed by atoms with Gasteiger partial charge in [0.15, 0.2) is 0 Å². The predicted molar refractivity (Wildman–Crippen MR) is 78.2 cm³/mol. The number of carbonyl (C=O) groups is 1. The van der Waals surface area contributed by atoms with E-state index in [0.29, 0.717) is 17.7 Å². The first-order valence-corrected chi connectivity index (χ1v) is 7.13. The molecular weight excluding hydrogens is 270 g/mol. The number of aromatic hydroxyl groups is 1. The Morgan fingerprint density at radius 2 is 2.00 bits per heavy atom. The Hall–Kier alpha value is -2.08. The lowest BCUT2D eigenvalue weighted by Gasteiger charge is -2.33. The third-order valence-electron chi connectivity index (χ3n) is 3.97. The van der Waals surface area contributed by atoms with Crippen LogP contribution in [0, 0.1) is 0 Å². The highest BCUT2D eigenvalue weighted by Crippen LogP contribution is 2.24. The molecule has 0 saturated carbocycles. The first-order chi connectivity index (χ1) is 10.1. The summed E-state index contributed by atoms with van der Waals surface area (Å²) >= 11 is 0. The van der Waals surface area contributed by atoms with Gasteiger partial charge in [0.1, 0.15) is 5.75 Å². The molecule has 0 aromatic heterocycles. The van der Waals surface area contributed by atoms with E-state index in [1.165, 1.54) is 0 Å². The van der Waals surface area contributed by atoms with Crippen LogP contribution >= 0.6 is 0 Å². The van der Waals surface area contributed by atoms with E-state index in [9.17, 15) is 9.90 Å². The Kier molecular flexibility index (Phi) is 3.79. The summed E-state index contributed by atoms with van der Waals surface area (Å²) < 4.78 is 0. The number of amides is 1. The van der Waals surface area contributed by atoms with Gasteiger partial charge in [-0.15, -0.1) is 0 Å². The van der Waals surface area contributed by atoms with E-state index in [1.54, 1.807) is 18.2 Å². The van der Waals surface area contributed by atoms with Crippen LogP contribution in [0.2, 0.25) is 0 Å². The highest BCUT2D eigenvalue weighted by atomic mass is 16.6. The fourth-order valence-electron chi connectivity index (χ4n) is 2.62. The van der Waals surface area contributed by atoms with Gasteiger partial charge in [0.05, 0.1) is 5.71 Å². The van der Waals surface area contributed by atoms with Crippen LogP contribution in [-0.4, -0.2) is 65.9 Å². The molecule has 6 nitrogen and oxygen atoms in total. The van der Waals surface area contributed by atoms with Gasteiger partial charge in [-0.2, -0.15) is 0 Å². The van der Waals surface area contributed by atoms with Gasteiger partial charge in [0.25, 0.3) is 5.91 Å². The zero-order valence-corrected chi connectivity index (χ0v) is 12.0. The molecule has 2 aliphatic rings. The maximum atomic E-state index is 12.4. The third kappa shape index (κ3) is 2.85. The monoisotopic (exact) mass is 289 g/mol. The molecule has 1 fully saturated rings. The third-order valence-corrected chi connectivity index (χ3v) is 3.97. The maximum absolute atomic E-state index is 12.4. The van der Waals surface area contributed by atoms with Gasteiger partial charge in [-0.05, 0) is 19.2 Å². The van der Waals surface area contributed by atoms with Crippen LogP contribution in [0.25, 0.3) is 0 Å². The van der Waals surface area contributed by atoms with Crippen molar-refractivity contribution < 1.29 is 14.7 Å². The lowest BCUT2D eigenvalue weighted by Crippen LogP contribution is -2.50. The number of likely N-dealkylation sites (N-methyl/N-ethyl adjacent to an activating group) is 1. The van der Waals surface area contributed by atoms with Crippen LogP contribution in [0.4, 0.5) is 0 Å². The van der Waals surface area contributed by atoms with Crippen molar-refractivity contribution in [3.05, 3.63) is 29.8 Å². The minimum absolute atomic E-state index is 0.0164. The van der Waals surface area contributed by atoms with Gasteiger partial charge in [-0.3, -0.25) is 4.79 Å². The topological polar surface area (TPSA) is 65.4 Å². The first-order valence-electron chi connectivity index (χ1n) is 7.13. The highest BCUT2D eigenvalue weighted by molar-refractivity contribution is 6.05. The number of phenols is 1. The van der Waals surface area contributed by atoms with Crippen molar-refractivity contribution in [2.45, 2.75) is 12.5 Å². The van der Waals surface area contributed by atoms with Crippen LogP contribution in [-0.2, 0) is 9.63 Å². The quantitative estimate of drug-likeness (QED) is 0.868. The number of benzene rings is 1. The molecule has 0 aliphatic carbocycles. The van der Waals surface area contributed by atoms with Crippen LogP contribution in [0.5, 0.6) is 5.75 Å². The number of piperazine rings is 1. The van der Waals surface area contributed by atoms with E-state index in [0.717, 1.165) is 26.2 Å². The number of oxime groups is 1. The molecule has 3 rings (SSSR count). The smallest absolute Gasteiger partial charge is 0.266 e. The van der Waals surface area contributed by atoms with E-state index < -0.39 is 6.10 Å². The van der Waals surface area contributed by atoms with Crippen molar-refractivity contribution in [1.29, 1.82) is 0 Å². The Morgan fingerprint density at radius 3 is 2.71 bits per heavy atom. The largest absolute Gasteiger partial charge is 0.507 e. The van der Waals surface area contributed by atoms with Crippen LogP contribution in [0.1, 0.15) is 12.0 Å². The fraction of sp³-hybridized carbons (Fsp3) is 0.467. The normalized spacial score (nSPS) is 22.8. The molecule has 0 bridgehead atoms. The zero-order chi connectivity index (χ0) is 14.8. The molecule has 2 aliphatic heterocycles. The van der Waals surface area contributed by atoms with Crippen molar-refractivity contribution >= 4 is 11.6 Å². The van der Waals surface area contributed by atoms with Crippen LogP contribution in [0.15, 0.2) is 29.4 Å². The summed E-state index contributed by atoms with van der Waals surface area (Å²) in [5.41, 5.74) is 1.26. The lowest BCUT2D eigenvalue weighted by molar-refractivity contribution is -0.143. The van der Waals surface area contributed by atoms with Crippen molar-refractivity contribution in [3.8, 4) is 5.75 Å². The minimum atomic E-state index is -0.567. The molecule has 0 spiro atoms. The Morgan fingerprint density at radius 1 is 1.29 bits per heavy atom. The van der Waals surface area contributed by atoms with E-state index in [4.69, 9.17) is 4.84 Å². The molecule has 112 valence electrons. The van der Waals surface area contributed by atoms with E-state index >= 15 is 0 Å². The molecule has 6 heteroatoms.